The van der Waals surface area contributed by atoms with E-state index in [0.29, 0.717) is 11.3 Å². The summed E-state index contributed by atoms with van der Waals surface area (Å²) in [5.41, 5.74) is 0.309. The van der Waals surface area contributed by atoms with E-state index in [2.05, 4.69) is 5.32 Å². The quantitative estimate of drug-likeness (QED) is 0.632. The number of carbonyl (C=O) groups is 3. The van der Waals surface area contributed by atoms with Gasteiger partial charge in [0.2, 0.25) is 0 Å². The summed E-state index contributed by atoms with van der Waals surface area (Å²) in [5.74, 6) is -1.74. The lowest BCUT2D eigenvalue weighted by atomic mass is 10.1. The van der Waals surface area contributed by atoms with Crippen LogP contribution in [0.25, 0.3) is 6.08 Å². The molecule has 0 radical (unpaired) electrons. The second-order valence-corrected chi connectivity index (χ2v) is 6.31. The van der Waals surface area contributed by atoms with Gasteiger partial charge in [-0.05, 0) is 43.7 Å². The molecular formula is C21H19FN2O4. The van der Waals surface area contributed by atoms with E-state index in [1.54, 1.807) is 24.3 Å². The van der Waals surface area contributed by atoms with E-state index in [0.717, 1.165) is 17.4 Å². The number of ether oxygens (including phenoxy) is 1. The van der Waals surface area contributed by atoms with Gasteiger partial charge in [-0.1, -0.05) is 31.2 Å². The minimum absolute atomic E-state index is 0.0324. The normalized spacial score (nSPS) is 16.9. The van der Waals surface area contributed by atoms with Crippen LogP contribution in [0.1, 0.15) is 25.8 Å². The van der Waals surface area contributed by atoms with Gasteiger partial charge in [-0.3, -0.25) is 14.9 Å². The summed E-state index contributed by atoms with van der Waals surface area (Å²) in [5, 5.41) is 2.12. The van der Waals surface area contributed by atoms with Crippen LogP contribution >= 0.6 is 0 Å². The molecule has 0 spiro atoms. The maximum absolute atomic E-state index is 13.5. The van der Waals surface area contributed by atoms with E-state index in [4.69, 9.17) is 4.74 Å². The van der Waals surface area contributed by atoms with Crippen LogP contribution in [0.3, 0.4) is 0 Å². The van der Waals surface area contributed by atoms with Gasteiger partial charge in [-0.15, -0.1) is 0 Å². The molecule has 1 aliphatic heterocycles. The highest BCUT2D eigenvalue weighted by Crippen LogP contribution is 2.26. The van der Waals surface area contributed by atoms with Crippen molar-refractivity contribution in [2.75, 3.05) is 4.90 Å². The van der Waals surface area contributed by atoms with Gasteiger partial charge in [-0.2, -0.15) is 0 Å². The van der Waals surface area contributed by atoms with Crippen molar-refractivity contribution in [1.82, 2.24) is 5.32 Å². The first-order chi connectivity index (χ1) is 13.4. The molecule has 0 unspecified atom stereocenters. The van der Waals surface area contributed by atoms with Crippen LogP contribution in [-0.2, 0) is 9.59 Å². The fraction of sp³-hybridized carbons (Fsp3) is 0.190. The van der Waals surface area contributed by atoms with Crippen molar-refractivity contribution < 1.29 is 23.5 Å². The zero-order valence-corrected chi connectivity index (χ0v) is 15.4. The summed E-state index contributed by atoms with van der Waals surface area (Å²) in [6.45, 7) is 3.89. The summed E-state index contributed by atoms with van der Waals surface area (Å²) in [6, 6.07) is 11.1. The first-order valence-corrected chi connectivity index (χ1v) is 8.83. The van der Waals surface area contributed by atoms with Crippen molar-refractivity contribution in [3.05, 3.63) is 65.5 Å². The minimum atomic E-state index is -0.929. The van der Waals surface area contributed by atoms with Crippen LogP contribution in [0.4, 0.5) is 14.9 Å². The van der Waals surface area contributed by atoms with Gasteiger partial charge in [0, 0.05) is 5.56 Å². The largest absolute Gasteiger partial charge is 0.490 e. The van der Waals surface area contributed by atoms with E-state index in [1.165, 1.54) is 24.3 Å². The number of nitrogens with zero attached hydrogens (tertiary/aromatic N) is 1. The molecule has 1 saturated heterocycles. The van der Waals surface area contributed by atoms with Crippen LogP contribution < -0.4 is 15.0 Å². The van der Waals surface area contributed by atoms with Crippen molar-refractivity contribution in [2.45, 2.75) is 26.4 Å². The molecule has 0 aromatic heterocycles. The molecule has 1 atom stereocenters. The maximum Gasteiger partial charge on any atom is 0.335 e. The molecule has 0 bridgehead atoms. The number of anilines is 1. The molecular weight excluding hydrogens is 363 g/mol. The summed E-state index contributed by atoms with van der Waals surface area (Å²) in [7, 11) is 0. The van der Waals surface area contributed by atoms with Crippen molar-refractivity contribution in [3.63, 3.8) is 0 Å². The van der Waals surface area contributed by atoms with E-state index in [-0.39, 0.29) is 17.4 Å². The van der Waals surface area contributed by atoms with Gasteiger partial charge < -0.3 is 4.74 Å². The fourth-order valence-electron chi connectivity index (χ4n) is 2.67. The van der Waals surface area contributed by atoms with Crippen molar-refractivity contribution in [3.8, 4) is 5.75 Å². The van der Waals surface area contributed by atoms with E-state index >= 15 is 0 Å². The van der Waals surface area contributed by atoms with Gasteiger partial charge >= 0.3 is 6.03 Å². The fourth-order valence-corrected chi connectivity index (χ4v) is 2.67. The van der Waals surface area contributed by atoms with Crippen LogP contribution in [0, 0.1) is 5.82 Å². The smallest absolute Gasteiger partial charge is 0.335 e. The molecule has 144 valence electrons. The van der Waals surface area contributed by atoms with Crippen LogP contribution in [-0.4, -0.2) is 23.9 Å². The number of hydrogen-bond donors (Lipinski definition) is 1. The highest BCUT2D eigenvalue weighted by molar-refractivity contribution is 6.39. The lowest BCUT2D eigenvalue weighted by Crippen LogP contribution is -2.54. The topological polar surface area (TPSA) is 75.7 Å². The number of hydrogen-bond acceptors (Lipinski definition) is 4. The average molecular weight is 382 g/mol. The number of imide groups is 2. The number of halogens is 1. The molecule has 6 nitrogen and oxygen atoms in total. The van der Waals surface area contributed by atoms with Crippen molar-refractivity contribution in [1.29, 1.82) is 0 Å². The Balaban J connectivity index is 2.01. The summed E-state index contributed by atoms with van der Waals surface area (Å²) < 4.78 is 19.4. The van der Waals surface area contributed by atoms with E-state index in [9.17, 15) is 18.8 Å². The maximum atomic E-state index is 13.5. The number of para-hydroxylation sites is 1. The summed E-state index contributed by atoms with van der Waals surface area (Å²) in [6.07, 6.45) is 2.10. The molecule has 4 amide bonds. The van der Waals surface area contributed by atoms with Gasteiger partial charge in [-0.25, -0.2) is 14.1 Å². The second-order valence-electron chi connectivity index (χ2n) is 6.31. The van der Waals surface area contributed by atoms with Crippen LogP contribution in [0.15, 0.2) is 54.1 Å². The van der Waals surface area contributed by atoms with Gasteiger partial charge in [0.05, 0.1) is 11.8 Å². The van der Waals surface area contributed by atoms with Gasteiger partial charge in [0.1, 0.15) is 17.1 Å². The molecule has 0 aliphatic carbocycles. The Hall–Kier alpha value is -3.48. The zero-order chi connectivity index (χ0) is 20.3. The Morgan fingerprint density at radius 2 is 1.89 bits per heavy atom. The Morgan fingerprint density at radius 1 is 1.14 bits per heavy atom. The summed E-state index contributed by atoms with van der Waals surface area (Å²) >= 11 is 0. The molecule has 1 N–H and O–H groups in total. The molecule has 1 aliphatic rings. The molecule has 28 heavy (non-hydrogen) atoms. The van der Waals surface area contributed by atoms with Crippen LogP contribution in [0.2, 0.25) is 0 Å². The number of rotatable bonds is 5. The Morgan fingerprint density at radius 3 is 2.61 bits per heavy atom. The third kappa shape index (κ3) is 3.93. The first-order valence-electron chi connectivity index (χ1n) is 8.83. The Bertz CT molecular complexity index is 970. The molecule has 2 aromatic rings. The number of carbonyl (C=O) groups excluding carboxylic acids is 3. The molecule has 3 rings (SSSR count). The molecule has 2 aromatic carbocycles. The lowest BCUT2D eigenvalue weighted by molar-refractivity contribution is -0.122. The molecule has 0 saturated carbocycles. The molecule has 7 heteroatoms. The minimum Gasteiger partial charge on any atom is -0.490 e. The number of benzene rings is 2. The average Bonchev–Trinajstić information content (AvgIpc) is 2.66. The van der Waals surface area contributed by atoms with Crippen LogP contribution in [0.5, 0.6) is 5.75 Å². The zero-order valence-electron chi connectivity index (χ0n) is 15.4. The Labute approximate surface area is 161 Å². The highest BCUT2D eigenvalue weighted by Gasteiger charge is 2.37. The third-order valence-corrected chi connectivity index (χ3v) is 4.29. The Kier molecular flexibility index (Phi) is 5.54. The summed E-state index contributed by atoms with van der Waals surface area (Å²) in [4.78, 5) is 38.1. The SMILES string of the molecule is CC[C@@H](C)Oc1ccccc1/C=C1\C(=O)NC(=O)N(c2cccc(F)c2)C1=O. The predicted molar refractivity (Wildman–Crippen MR) is 102 cm³/mol. The number of barbiturate groups is 1. The van der Waals surface area contributed by atoms with Gasteiger partial charge in [0.25, 0.3) is 11.8 Å². The molecule has 1 fully saturated rings. The van der Waals surface area contributed by atoms with Gasteiger partial charge in [0.15, 0.2) is 0 Å². The number of amides is 4. The second kappa shape index (κ2) is 8.04. The third-order valence-electron chi connectivity index (χ3n) is 4.29. The lowest BCUT2D eigenvalue weighted by Gasteiger charge is -2.26. The van der Waals surface area contributed by atoms with Crippen molar-refractivity contribution >= 4 is 29.6 Å². The van der Waals surface area contributed by atoms with Crippen molar-refractivity contribution in [2.24, 2.45) is 0 Å². The first kappa shape index (κ1) is 19.3. The predicted octanol–water partition coefficient (Wildman–Crippen LogP) is 3.67. The van der Waals surface area contributed by atoms with E-state index in [1.807, 2.05) is 13.8 Å². The monoisotopic (exact) mass is 382 g/mol. The number of urea groups is 1. The number of nitrogens with one attached hydrogen (secondary N) is 1. The highest BCUT2D eigenvalue weighted by atomic mass is 19.1. The molecule has 1 heterocycles. The standard InChI is InChI=1S/C21H19FN2O4/c1-3-13(2)28-18-10-5-4-7-14(18)11-17-19(25)23-21(27)24(20(17)26)16-9-6-8-15(22)12-16/h4-13H,3H2,1-2H3,(H,23,25,27)/b17-11+/t13-/m1/s1. The van der Waals surface area contributed by atoms with E-state index < -0.39 is 23.7 Å².